The van der Waals surface area contributed by atoms with E-state index in [1.54, 1.807) is 0 Å². The molecule has 0 spiro atoms. The maximum absolute atomic E-state index is 12.0. The Bertz CT molecular complexity index is 625. The number of nitrogens with two attached hydrogens (primary N) is 1. The van der Waals surface area contributed by atoms with Crippen LogP contribution in [0.4, 0.5) is 4.79 Å². The van der Waals surface area contributed by atoms with Crippen LogP contribution < -0.4 is 16.5 Å². The topological polar surface area (TPSA) is 115 Å². The molecule has 8 nitrogen and oxygen atoms in total. The van der Waals surface area contributed by atoms with Crippen molar-refractivity contribution in [1.82, 2.24) is 25.5 Å². The van der Waals surface area contributed by atoms with Gasteiger partial charge < -0.3 is 11.2 Å². The molecule has 0 saturated heterocycles. The van der Waals surface area contributed by atoms with Crippen molar-refractivity contribution in [3.63, 3.8) is 0 Å². The number of hydrogen-bond acceptors (Lipinski definition) is 6. The van der Waals surface area contributed by atoms with Crippen LogP contribution in [-0.2, 0) is 10.2 Å². The number of imide groups is 1. The van der Waals surface area contributed by atoms with Crippen LogP contribution in [0.25, 0.3) is 0 Å². The molecule has 140 valence electrons. The Morgan fingerprint density at radius 1 is 1.28 bits per heavy atom. The summed E-state index contributed by atoms with van der Waals surface area (Å²) in [6.07, 6.45) is 4.38. The number of amides is 3. The summed E-state index contributed by atoms with van der Waals surface area (Å²) < 4.78 is 1.39. The maximum atomic E-state index is 12.0. The third-order valence-electron chi connectivity index (χ3n) is 4.35. The van der Waals surface area contributed by atoms with Crippen molar-refractivity contribution in [3.8, 4) is 0 Å². The summed E-state index contributed by atoms with van der Waals surface area (Å²) in [5, 5.41) is 13.8. The van der Waals surface area contributed by atoms with E-state index in [9.17, 15) is 9.59 Å². The van der Waals surface area contributed by atoms with E-state index in [1.165, 1.54) is 11.1 Å². The van der Waals surface area contributed by atoms with Crippen molar-refractivity contribution in [2.24, 2.45) is 5.92 Å². The molecule has 2 rings (SSSR count). The lowest BCUT2D eigenvalue weighted by atomic mass is 9.86. The van der Waals surface area contributed by atoms with Gasteiger partial charge in [0.25, 0.3) is 0 Å². The Kier molecular flexibility index (Phi) is 6.31. The van der Waals surface area contributed by atoms with E-state index in [4.69, 9.17) is 5.84 Å². The van der Waals surface area contributed by atoms with Crippen LogP contribution >= 0.6 is 11.8 Å². The highest BCUT2D eigenvalue weighted by molar-refractivity contribution is 7.99. The molecular weight excluding hydrogens is 340 g/mol. The van der Waals surface area contributed by atoms with Crippen LogP contribution in [0, 0.1) is 5.92 Å². The number of carbonyl (C=O) groups is 2. The molecule has 2 atom stereocenters. The van der Waals surface area contributed by atoms with Gasteiger partial charge in [0.2, 0.25) is 11.1 Å². The molecule has 1 aromatic heterocycles. The Balaban J connectivity index is 1.81. The average Bonchev–Trinajstić information content (AvgIpc) is 2.88. The summed E-state index contributed by atoms with van der Waals surface area (Å²) in [7, 11) is 0. The fourth-order valence-corrected chi connectivity index (χ4v) is 3.57. The Morgan fingerprint density at radius 3 is 2.56 bits per heavy atom. The molecule has 1 saturated carbocycles. The van der Waals surface area contributed by atoms with Crippen LogP contribution in [0.15, 0.2) is 5.16 Å². The van der Waals surface area contributed by atoms with Gasteiger partial charge in [-0.2, -0.15) is 0 Å². The minimum absolute atomic E-state index is 0.0487. The highest BCUT2D eigenvalue weighted by Crippen LogP contribution is 2.24. The molecule has 1 aliphatic rings. The van der Waals surface area contributed by atoms with E-state index in [1.807, 2.05) is 20.8 Å². The van der Waals surface area contributed by atoms with Crippen LogP contribution in [0.2, 0.25) is 0 Å². The summed E-state index contributed by atoms with van der Waals surface area (Å²) in [4.78, 5) is 23.9. The lowest BCUT2D eigenvalue weighted by Crippen LogP contribution is -2.48. The highest BCUT2D eigenvalue weighted by Gasteiger charge is 2.25. The number of nitrogen functional groups attached to an aromatic ring is 1. The molecule has 4 N–H and O–H groups in total. The summed E-state index contributed by atoms with van der Waals surface area (Å²) >= 11 is 1.15. The molecule has 25 heavy (non-hydrogen) atoms. The van der Waals surface area contributed by atoms with Gasteiger partial charge in [0.05, 0.1) is 5.75 Å². The second-order valence-corrected chi connectivity index (χ2v) is 8.55. The van der Waals surface area contributed by atoms with Gasteiger partial charge in [-0.3, -0.25) is 10.1 Å². The zero-order chi connectivity index (χ0) is 18.6. The molecule has 9 heteroatoms. The molecule has 0 bridgehead atoms. The fourth-order valence-electron chi connectivity index (χ4n) is 2.91. The highest BCUT2D eigenvalue weighted by atomic mass is 32.2. The van der Waals surface area contributed by atoms with Crippen molar-refractivity contribution in [2.45, 2.75) is 70.0 Å². The minimum Gasteiger partial charge on any atom is -0.336 e. The van der Waals surface area contributed by atoms with Crippen molar-refractivity contribution < 1.29 is 9.59 Å². The van der Waals surface area contributed by atoms with E-state index < -0.39 is 6.03 Å². The second kappa shape index (κ2) is 8.07. The van der Waals surface area contributed by atoms with E-state index in [2.05, 4.69) is 27.8 Å². The Labute approximate surface area is 152 Å². The van der Waals surface area contributed by atoms with Gasteiger partial charge in [-0.15, -0.1) is 10.2 Å². The number of thioether (sulfide) groups is 1. The third kappa shape index (κ3) is 5.35. The summed E-state index contributed by atoms with van der Waals surface area (Å²) in [6.45, 7) is 8.08. The number of aromatic nitrogens is 3. The normalized spacial score (nSPS) is 21.0. The number of nitrogens with one attached hydrogen (secondary N) is 2. The van der Waals surface area contributed by atoms with Gasteiger partial charge in [0.1, 0.15) is 0 Å². The van der Waals surface area contributed by atoms with Gasteiger partial charge >= 0.3 is 6.03 Å². The summed E-state index contributed by atoms with van der Waals surface area (Å²) in [5.41, 5.74) is -0.237. The number of hydrogen-bond donors (Lipinski definition) is 3. The van der Waals surface area contributed by atoms with E-state index in [0.717, 1.165) is 31.0 Å². The van der Waals surface area contributed by atoms with Crippen LogP contribution in [-0.4, -0.2) is 38.6 Å². The second-order valence-electron chi connectivity index (χ2n) is 7.60. The first-order chi connectivity index (χ1) is 11.7. The molecule has 0 radical (unpaired) electrons. The minimum atomic E-state index is -0.436. The number of urea groups is 1. The first kappa shape index (κ1) is 19.6. The van der Waals surface area contributed by atoms with Gasteiger partial charge in [-0.25, -0.2) is 9.47 Å². The molecule has 0 aliphatic heterocycles. The van der Waals surface area contributed by atoms with E-state index >= 15 is 0 Å². The molecular formula is C16H28N6O2S. The lowest BCUT2D eigenvalue weighted by Gasteiger charge is -2.29. The standard InChI is InChI=1S/C16H28N6O2S/c1-10-7-5-6-8-11(10)18-14(24)19-12(23)9-25-15-21-20-13(22(15)17)16(2,3)4/h10-11H,5-9,17H2,1-4H3,(H2,18,19,23,24)/t10-,11-/m0/s1. The van der Waals surface area contributed by atoms with Gasteiger partial charge in [0, 0.05) is 11.5 Å². The summed E-state index contributed by atoms with van der Waals surface area (Å²) in [6, 6.07) is -0.301. The van der Waals surface area contributed by atoms with Gasteiger partial charge in [0.15, 0.2) is 5.82 Å². The van der Waals surface area contributed by atoms with Crippen LogP contribution in [0.3, 0.4) is 0 Å². The molecule has 3 amide bonds. The lowest BCUT2D eigenvalue weighted by molar-refractivity contribution is -0.117. The molecule has 0 unspecified atom stereocenters. The van der Waals surface area contributed by atoms with Crippen molar-refractivity contribution in [3.05, 3.63) is 5.82 Å². The van der Waals surface area contributed by atoms with E-state index in [-0.39, 0.29) is 23.1 Å². The largest absolute Gasteiger partial charge is 0.336 e. The zero-order valence-electron chi connectivity index (χ0n) is 15.3. The first-order valence-corrected chi connectivity index (χ1v) is 9.61. The predicted molar refractivity (Wildman–Crippen MR) is 97.7 cm³/mol. The zero-order valence-corrected chi connectivity index (χ0v) is 16.2. The smallest absolute Gasteiger partial charge is 0.321 e. The van der Waals surface area contributed by atoms with Crippen molar-refractivity contribution in [1.29, 1.82) is 0 Å². The monoisotopic (exact) mass is 368 g/mol. The maximum Gasteiger partial charge on any atom is 0.321 e. The predicted octanol–water partition coefficient (Wildman–Crippen LogP) is 1.79. The summed E-state index contributed by atoms with van der Waals surface area (Å²) in [5.74, 6) is 6.72. The molecule has 1 aromatic rings. The Hall–Kier alpha value is -1.77. The first-order valence-electron chi connectivity index (χ1n) is 8.62. The van der Waals surface area contributed by atoms with Crippen molar-refractivity contribution >= 4 is 23.7 Å². The number of carbonyl (C=O) groups excluding carboxylic acids is 2. The number of nitrogens with zero attached hydrogens (tertiary/aromatic N) is 3. The van der Waals surface area contributed by atoms with Crippen molar-refractivity contribution in [2.75, 3.05) is 11.6 Å². The van der Waals surface area contributed by atoms with Crippen LogP contribution in [0.1, 0.15) is 59.2 Å². The molecule has 1 aliphatic carbocycles. The van der Waals surface area contributed by atoms with Crippen LogP contribution in [0.5, 0.6) is 0 Å². The number of rotatable bonds is 4. The molecule has 1 heterocycles. The quantitative estimate of drug-likeness (QED) is 0.551. The third-order valence-corrected chi connectivity index (χ3v) is 5.29. The molecule has 1 fully saturated rings. The average molecular weight is 369 g/mol. The van der Waals surface area contributed by atoms with E-state index in [0.29, 0.717) is 16.9 Å². The fraction of sp³-hybridized carbons (Fsp3) is 0.750. The molecule has 0 aromatic carbocycles. The van der Waals surface area contributed by atoms with Gasteiger partial charge in [-0.1, -0.05) is 52.3 Å². The Morgan fingerprint density at radius 2 is 1.96 bits per heavy atom. The SMILES string of the molecule is C[C@H]1CCCC[C@@H]1NC(=O)NC(=O)CSc1nnc(C(C)(C)C)n1N. The van der Waals surface area contributed by atoms with Gasteiger partial charge in [-0.05, 0) is 18.8 Å².